The van der Waals surface area contributed by atoms with Crippen LogP contribution in [-0.2, 0) is 0 Å². The lowest BCUT2D eigenvalue weighted by Crippen LogP contribution is -1.99. The van der Waals surface area contributed by atoms with Crippen LogP contribution >= 0.6 is 15.9 Å². The van der Waals surface area contributed by atoms with E-state index in [0.29, 0.717) is 5.82 Å². The summed E-state index contributed by atoms with van der Waals surface area (Å²) in [6.07, 6.45) is 3.53. The van der Waals surface area contributed by atoms with Crippen molar-refractivity contribution >= 4 is 27.4 Å². The van der Waals surface area contributed by atoms with Gasteiger partial charge in [0.1, 0.15) is 17.4 Å². The Labute approximate surface area is 142 Å². The van der Waals surface area contributed by atoms with Gasteiger partial charge in [-0.15, -0.1) is 0 Å². The molecule has 0 atom stereocenters. The largest absolute Gasteiger partial charge is 0.497 e. The van der Waals surface area contributed by atoms with E-state index in [1.165, 1.54) is 0 Å². The number of halogens is 1. The summed E-state index contributed by atoms with van der Waals surface area (Å²) in [4.78, 5) is 13.1. The van der Waals surface area contributed by atoms with Gasteiger partial charge in [-0.25, -0.2) is 9.97 Å². The normalized spacial score (nSPS) is 10.4. The Balaban J connectivity index is 1.90. The zero-order chi connectivity index (χ0) is 16.2. The molecule has 3 rings (SSSR count). The molecule has 2 heterocycles. The van der Waals surface area contributed by atoms with Gasteiger partial charge in [0.25, 0.3) is 0 Å². The first-order valence-corrected chi connectivity index (χ1v) is 7.81. The van der Waals surface area contributed by atoms with E-state index in [0.717, 1.165) is 33.0 Å². The SMILES string of the molecule is COc1ccc(Nc2cc(-c3cncc(Br)c3)nc(C)n2)cc1. The molecule has 3 aromatic rings. The molecule has 1 aromatic carbocycles. The minimum Gasteiger partial charge on any atom is -0.497 e. The van der Waals surface area contributed by atoms with Crippen molar-refractivity contribution in [3.63, 3.8) is 0 Å². The van der Waals surface area contributed by atoms with Crippen molar-refractivity contribution in [2.24, 2.45) is 0 Å². The van der Waals surface area contributed by atoms with Crippen LogP contribution in [0.4, 0.5) is 11.5 Å². The Morgan fingerprint density at radius 2 is 1.83 bits per heavy atom. The molecular weight excluding hydrogens is 356 g/mol. The summed E-state index contributed by atoms with van der Waals surface area (Å²) < 4.78 is 6.07. The summed E-state index contributed by atoms with van der Waals surface area (Å²) in [7, 11) is 1.65. The Hall–Kier alpha value is -2.47. The molecule has 0 amide bonds. The molecule has 0 aliphatic heterocycles. The number of hydrogen-bond donors (Lipinski definition) is 1. The molecule has 2 aromatic heterocycles. The maximum absolute atomic E-state index is 5.16. The molecule has 0 unspecified atom stereocenters. The third-order valence-electron chi connectivity index (χ3n) is 3.20. The molecule has 0 spiro atoms. The third-order valence-corrected chi connectivity index (χ3v) is 3.63. The molecule has 0 saturated heterocycles. The van der Waals surface area contributed by atoms with Crippen molar-refractivity contribution in [2.45, 2.75) is 6.92 Å². The van der Waals surface area contributed by atoms with Gasteiger partial charge in [-0.1, -0.05) is 0 Å². The number of nitrogens with one attached hydrogen (secondary N) is 1. The Bertz CT molecular complexity index is 821. The number of nitrogens with zero attached hydrogens (tertiary/aromatic N) is 3. The fraction of sp³-hybridized carbons (Fsp3) is 0.118. The molecule has 116 valence electrons. The van der Waals surface area contributed by atoms with Crippen LogP contribution in [-0.4, -0.2) is 22.1 Å². The van der Waals surface area contributed by atoms with Crippen LogP contribution in [0.3, 0.4) is 0 Å². The Morgan fingerprint density at radius 3 is 2.52 bits per heavy atom. The van der Waals surface area contributed by atoms with Crippen LogP contribution in [0.1, 0.15) is 5.82 Å². The first-order chi connectivity index (χ1) is 11.1. The van der Waals surface area contributed by atoms with E-state index in [9.17, 15) is 0 Å². The van der Waals surface area contributed by atoms with Crippen molar-refractivity contribution in [3.8, 4) is 17.0 Å². The van der Waals surface area contributed by atoms with E-state index in [1.54, 1.807) is 19.5 Å². The number of hydrogen-bond acceptors (Lipinski definition) is 5. The number of ether oxygens (including phenoxy) is 1. The van der Waals surface area contributed by atoms with Crippen molar-refractivity contribution in [1.29, 1.82) is 0 Å². The number of aryl methyl sites for hydroxylation is 1. The van der Waals surface area contributed by atoms with Crippen LogP contribution in [0.15, 0.2) is 53.3 Å². The van der Waals surface area contributed by atoms with E-state index in [2.05, 4.69) is 36.2 Å². The van der Waals surface area contributed by atoms with Crippen molar-refractivity contribution in [3.05, 3.63) is 59.1 Å². The number of methoxy groups -OCH3 is 1. The third kappa shape index (κ3) is 3.84. The number of benzene rings is 1. The topological polar surface area (TPSA) is 59.9 Å². The van der Waals surface area contributed by atoms with Gasteiger partial charge in [-0.05, 0) is 53.2 Å². The van der Waals surface area contributed by atoms with Crippen LogP contribution in [0.2, 0.25) is 0 Å². The Kier molecular flexibility index (Phi) is 4.52. The van der Waals surface area contributed by atoms with Gasteiger partial charge in [0.05, 0.1) is 12.8 Å². The minimum atomic E-state index is 0.693. The lowest BCUT2D eigenvalue weighted by Gasteiger charge is -2.09. The number of aromatic nitrogens is 3. The highest BCUT2D eigenvalue weighted by molar-refractivity contribution is 9.10. The average Bonchev–Trinajstić information content (AvgIpc) is 2.55. The van der Waals surface area contributed by atoms with Crippen LogP contribution in [0, 0.1) is 6.92 Å². The predicted molar refractivity (Wildman–Crippen MR) is 94.0 cm³/mol. The highest BCUT2D eigenvalue weighted by Gasteiger charge is 2.06. The van der Waals surface area contributed by atoms with E-state index in [-0.39, 0.29) is 0 Å². The van der Waals surface area contributed by atoms with Gasteiger partial charge < -0.3 is 10.1 Å². The van der Waals surface area contributed by atoms with Crippen molar-refractivity contribution < 1.29 is 4.74 Å². The maximum atomic E-state index is 5.16. The standard InChI is InChI=1S/C17H15BrN4O/c1-11-20-16(12-7-13(18)10-19-9-12)8-17(21-11)22-14-3-5-15(23-2)6-4-14/h3-10H,1-2H3,(H,20,21,22). The first kappa shape index (κ1) is 15.4. The molecule has 23 heavy (non-hydrogen) atoms. The molecular formula is C17H15BrN4O. The van der Waals surface area contributed by atoms with Crippen LogP contribution in [0.25, 0.3) is 11.3 Å². The molecule has 6 heteroatoms. The lowest BCUT2D eigenvalue weighted by molar-refractivity contribution is 0.415. The number of anilines is 2. The molecule has 0 radical (unpaired) electrons. The summed E-state index contributed by atoms with van der Waals surface area (Å²) in [5.74, 6) is 2.24. The second-order valence-electron chi connectivity index (χ2n) is 4.93. The van der Waals surface area contributed by atoms with Gasteiger partial charge in [0.15, 0.2) is 0 Å². The van der Waals surface area contributed by atoms with E-state index in [1.807, 2.05) is 43.3 Å². The first-order valence-electron chi connectivity index (χ1n) is 7.02. The van der Waals surface area contributed by atoms with Crippen LogP contribution in [0.5, 0.6) is 5.75 Å². The number of pyridine rings is 1. The zero-order valence-electron chi connectivity index (χ0n) is 12.7. The maximum Gasteiger partial charge on any atom is 0.134 e. The summed E-state index contributed by atoms with van der Waals surface area (Å²) in [5, 5.41) is 3.28. The molecule has 5 nitrogen and oxygen atoms in total. The fourth-order valence-corrected chi connectivity index (χ4v) is 2.52. The predicted octanol–water partition coefficient (Wildman–Crippen LogP) is 4.36. The molecule has 1 N–H and O–H groups in total. The lowest BCUT2D eigenvalue weighted by atomic mass is 10.2. The second kappa shape index (κ2) is 6.75. The average molecular weight is 371 g/mol. The highest BCUT2D eigenvalue weighted by Crippen LogP contribution is 2.24. The van der Waals surface area contributed by atoms with Crippen LogP contribution < -0.4 is 10.1 Å². The van der Waals surface area contributed by atoms with E-state index >= 15 is 0 Å². The molecule has 0 bridgehead atoms. The molecule has 0 aliphatic rings. The summed E-state index contributed by atoms with van der Waals surface area (Å²) in [5.41, 5.74) is 2.69. The molecule has 0 saturated carbocycles. The summed E-state index contributed by atoms with van der Waals surface area (Å²) >= 11 is 3.43. The number of rotatable bonds is 4. The van der Waals surface area contributed by atoms with Gasteiger partial charge in [-0.2, -0.15) is 0 Å². The van der Waals surface area contributed by atoms with Gasteiger partial charge in [0.2, 0.25) is 0 Å². The van der Waals surface area contributed by atoms with E-state index < -0.39 is 0 Å². The Morgan fingerprint density at radius 1 is 1.04 bits per heavy atom. The monoisotopic (exact) mass is 370 g/mol. The summed E-state index contributed by atoms with van der Waals surface area (Å²) in [6.45, 7) is 1.87. The molecule has 0 aliphatic carbocycles. The van der Waals surface area contributed by atoms with Gasteiger partial charge >= 0.3 is 0 Å². The van der Waals surface area contributed by atoms with Gasteiger partial charge in [0, 0.05) is 34.2 Å². The molecule has 0 fully saturated rings. The zero-order valence-corrected chi connectivity index (χ0v) is 14.3. The van der Waals surface area contributed by atoms with E-state index in [4.69, 9.17) is 4.74 Å². The van der Waals surface area contributed by atoms with Crippen molar-refractivity contribution in [2.75, 3.05) is 12.4 Å². The second-order valence-corrected chi connectivity index (χ2v) is 5.85. The minimum absolute atomic E-state index is 0.693. The smallest absolute Gasteiger partial charge is 0.134 e. The quantitative estimate of drug-likeness (QED) is 0.738. The summed E-state index contributed by atoms with van der Waals surface area (Å²) in [6, 6.07) is 11.6. The highest BCUT2D eigenvalue weighted by atomic mass is 79.9. The van der Waals surface area contributed by atoms with Gasteiger partial charge in [-0.3, -0.25) is 4.98 Å². The van der Waals surface area contributed by atoms with Crippen molar-refractivity contribution in [1.82, 2.24) is 15.0 Å². The fourth-order valence-electron chi connectivity index (χ4n) is 2.15.